The number of ether oxygens (including phenoxy) is 1. The van der Waals surface area contributed by atoms with Gasteiger partial charge < -0.3 is 4.74 Å². The van der Waals surface area contributed by atoms with E-state index in [0.717, 1.165) is 38.5 Å². The minimum atomic E-state index is -0.325. The monoisotopic (exact) mass is 314 g/mol. The molecule has 0 aromatic carbocycles. The Morgan fingerprint density at radius 2 is 1.26 bits per heavy atom. The number of unbranched alkanes of at least 4 members (excludes halogenated alkanes) is 1. The molecule has 0 aliphatic carbocycles. The average Bonchev–Trinajstić information content (AvgIpc) is 2.57. The van der Waals surface area contributed by atoms with Gasteiger partial charge >= 0.3 is 5.97 Å². The number of hydrogen-bond donors (Lipinski definition) is 0. The van der Waals surface area contributed by atoms with Gasteiger partial charge in [-0.1, -0.05) is 73.8 Å². The first-order valence-electron chi connectivity index (χ1n) is 8.32. The van der Waals surface area contributed by atoms with E-state index in [1.54, 1.807) is 6.08 Å². The molecule has 0 rings (SSSR count). The molecule has 0 amide bonds. The SMILES string of the molecule is CC/C=C\C/C=C\C/C=C\C/C=C\CC/C=C\C=C\C(=O)OC. The first-order valence-corrected chi connectivity index (χ1v) is 8.32. The molecule has 0 aromatic heterocycles. The highest BCUT2D eigenvalue weighted by Crippen LogP contribution is 1.97. The lowest BCUT2D eigenvalue weighted by Crippen LogP contribution is -1.92. The van der Waals surface area contributed by atoms with E-state index < -0.39 is 0 Å². The zero-order valence-electron chi connectivity index (χ0n) is 14.5. The van der Waals surface area contributed by atoms with Crippen LogP contribution in [-0.4, -0.2) is 13.1 Å². The van der Waals surface area contributed by atoms with Crippen LogP contribution in [0.4, 0.5) is 0 Å². The molecule has 0 N–H and O–H groups in total. The lowest BCUT2D eigenvalue weighted by molar-refractivity contribution is -0.134. The highest BCUT2D eigenvalue weighted by atomic mass is 16.5. The number of esters is 1. The predicted octanol–water partition coefficient (Wildman–Crippen LogP) is 5.86. The van der Waals surface area contributed by atoms with Crippen molar-refractivity contribution in [1.29, 1.82) is 0 Å². The predicted molar refractivity (Wildman–Crippen MR) is 100 cm³/mol. The van der Waals surface area contributed by atoms with Crippen LogP contribution in [0.5, 0.6) is 0 Å². The third-order valence-electron chi connectivity index (χ3n) is 2.90. The number of methoxy groups -OCH3 is 1. The van der Waals surface area contributed by atoms with E-state index in [1.165, 1.54) is 13.2 Å². The molecule has 0 aromatic rings. The largest absolute Gasteiger partial charge is 0.466 e. The molecule has 0 heterocycles. The quantitative estimate of drug-likeness (QED) is 0.148. The van der Waals surface area contributed by atoms with Gasteiger partial charge in [0, 0.05) is 6.08 Å². The second kappa shape index (κ2) is 18.0. The molecule has 0 saturated heterocycles. The van der Waals surface area contributed by atoms with Crippen LogP contribution < -0.4 is 0 Å². The highest BCUT2D eigenvalue weighted by molar-refractivity contribution is 5.82. The van der Waals surface area contributed by atoms with Gasteiger partial charge in [-0.15, -0.1) is 0 Å². The number of carbonyl (C=O) groups excluding carboxylic acids is 1. The van der Waals surface area contributed by atoms with Gasteiger partial charge in [0.05, 0.1) is 7.11 Å². The minimum Gasteiger partial charge on any atom is -0.466 e. The Morgan fingerprint density at radius 3 is 1.83 bits per heavy atom. The second-order valence-electron chi connectivity index (χ2n) is 4.89. The summed E-state index contributed by atoms with van der Waals surface area (Å²) in [7, 11) is 1.37. The zero-order valence-corrected chi connectivity index (χ0v) is 14.5. The maximum atomic E-state index is 10.8. The molecule has 0 aliphatic rings. The third kappa shape index (κ3) is 17.9. The maximum Gasteiger partial charge on any atom is 0.330 e. The Kier molecular flexibility index (Phi) is 16.3. The van der Waals surface area contributed by atoms with Gasteiger partial charge in [0.2, 0.25) is 0 Å². The summed E-state index contributed by atoms with van der Waals surface area (Å²) in [4.78, 5) is 10.8. The zero-order chi connectivity index (χ0) is 17.0. The summed E-state index contributed by atoms with van der Waals surface area (Å²) in [5.74, 6) is -0.325. The van der Waals surface area contributed by atoms with Gasteiger partial charge in [-0.3, -0.25) is 0 Å². The summed E-state index contributed by atoms with van der Waals surface area (Å²) < 4.78 is 4.49. The van der Waals surface area contributed by atoms with Gasteiger partial charge in [-0.05, 0) is 38.5 Å². The van der Waals surface area contributed by atoms with Crippen LogP contribution >= 0.6 is 0 Å². The molecule has 0 saturated carbocycles. The molecular weight excluding hydrogens is 284 g/mol. The smallest absolute Gasteiger partial charge is 0.330 e. The first kappa shape index (κ1) is 20.9. The number of rotatable bonds is 12. The van der Waals surface area contributed by atoms with Gasteiger partial charge in [-0.25, -0.2) is 4.79 Å². The fourth-order valence-electron chi connectivity index (χ4n) is 1.67. The van der Waals surface area contributed by atoms with Crippen molar-refractivity contribution in [2.45, 2.75) is 45.4 Å². The fraction of sp³-hybridized carbons (Fsp3) is 0.381. The van der Waals surface area contributed by atoms with Crippen molar-refractivity contribution in [3.8, 4) is 0 Å². The van der Waals surface area contributed by atoms with Gasteiger partial charge in [-0.2, -0.15) is 0 Å². The molecule has 0 aliphatic heterocycles. The summed E-state index contributed by atoms with van der Waals surface area (Å²) in [6, 6.07) is 0. The van der Waals surface area contributed by atoms with E-state index in [0.29, 0.717) is 0 Å². The average molecular weight is 314 g/mol. The van der Waals surface area contributed by atoms with E-state index in [2.05, 4.69) is 60.3 Å². The van der Waals surface area contributed by atoms with Crippen LogP contribution in [0.2, 0.25) is 0 Å². The Hall–Kier alpha value is -2.09. The topological polar surface area (TPSA) is 26.3 Å². The van der Waals surface area contributed by atoms with Crippen molar-refractivity contribution in [2.75, 3.05) is 7.11 Å². The van der Waals surface area contributed by atoms with Crippen molar-refractivity contribution >= 4 is 5.97 Å². The van der Waals surface area contributed by atoms with Crippen LogP contribution in [0, 0.1) is 0 Å². The summed E-state index contributed by atoms with van der Waals surface area (Å²) in [6.07, 6.45) is 30.7. The summed E-state index contributed by atoms with van der Waals surface area (Å²) in [5.41, 5.74) is 0. The fourth-order valence-corrected chi connectivity index (χ4v) is 1.67. The summed E-state index contributed by atoms with van der Waals surface area (Å²) in [6.45, 7) is 2.15. The Bertz CT molecular complexity index is 448. The van der Waals surface area contributed by atoms with E-state index in [9.17, 15) is 4.79 Å². The molecule has 0 atom stereocenters. The molecule has 126 valence electrons. The maximum absolute atomic E-state index is 10.8. The highest BCUT2D eigenvalue weighted by Gasteiger charge is 1.86. The molecule has 23 heavy (non-hydrogen) atoms. The van der Waals surface area contributed by atoms with Crippen molar-refractivity contribution in [1.82, 2.24) is 0 Å². The van der Waals surface area contributed by atoms with Gasteiger partial charge in [0.15, 0.2) is 0 Å². The molecule has 0 spiro atoms. The van der Waals surface area contributed by atoms with E-state index in [1.807, 2.05) is 12.2 Å². The molecule has 2 heteroatoms. The summed E-state index contributed by atoms with van der Waals surface area (Å²) in [5, 5.41) is 0. The lowest BCUT2D eigenvalue weighted by Gasteiger charge is -1.88. The molecule has 0 radical (unpaired) electrons. The molecule has 2 nitrogen and oxygen atoms in total. The second-order valence-corrected chi connectivity index (χ2v) is 4.89. The Morgan fingerprint density at radius 1 is 0.739 bits per heavy atom. The van der Waals surface area contributed by atoms with E-state index in [-0.39, 0.29) is 5.97 Å². The van der Waals surface area contributed by atoms with Crippen LogP contribution in [-0.2, 0) is 9.53 Å². The lowest BCUT2D eigenvalue weighted by atomic mass is 10.2. The van der Waals surface area contributed by atoms with Crippen LogP contribution in [0.15, 0.2) is 72.9 Å². The van der Waals surface area contributed by atoms with Crippen molar-refractivity contribution in [2.24, 2.45) is 0 Å². The van der Waals surface area contributed by atoms with Crippen molar-refractivity contribution < 1.29 is 9.53 Å². The van der Waals surface area contributed by atoms with Gasteiger partial charge in [0.25, 0.3) is 0 Å². The normalized spacial score (nSPS) is 13.0. The van der Waals surface area contributed by atoms with Crippen LogP contribution in [0.25, 0.3) is 0 Å². The molecule has 0 unspecified atom stereocenters. The van der Waals surface area contributed by atoms with Crippen LogP contribution in [0.3, 0.4) is 0 Å². The van der Waals surface area contributed by atoms with Gasteiger partial charge in [0.1, 0.15) is 0 Å². The number of allylic oxidation sites excluding steroid dienone is 11. The minimum absolute atomic E-state index is 0.325. The number of hydrogen-bond acceptors (Lipinski definition) is 2. The van der Waals surface area contributed by atoms with E-state index in [4.69, 9.17) is 0 Å². The van der Waals surface area contributed by atoms with Crippen LogP contribution in [0.1, 0.15) is 45.4 Å². The standard InChI is InChI=1S/C21H30O2/c1-3-4-5-6-7-8-9-10-11-12-13-14-15-16-17-18-19-20-21(22)23-2/h4-5,7-8,10-11,13-14,17-20H,3,6,9,12,15-16H2,1-2H3/b5-4-,8-7-,11-10-,14-13-,18-17-,20-19+. The molecule has 0 fully saturated rings. The molecule has 0 bridgehead atoms. The van der Waals surface area contributed by atoms with Crippen molar-refractivity contribution in [3.63, 3.8) is 0 Å². The molecular formula is C21H30O2. The summed E-state index contributed by atoms with van der Waals surface area (Å²) >= 11 is 0. The van der Waals surface area contributed by atoms with Crippen molar-refractivity contribution in [3.05, 3.63) is 72.9 Å². The first-order chi connectivity index (χ1) is 11.3. The third-order valence-corrected chi connectivity index (χ3v) is 2.90. The Labute approximate surface area is 141 Å². The Balaban J connectivity index is 3.55. The van der Waals surface area contributed by atoms with E-state index >= 15 is 0 Å². The number of carbonyl (C=O) groups is 1.